The van der Waals surface area contributed by atoms with Crippen molar-refractivity contribution in [1.29, 1.82) is 0 Å². The first-order valence-electron chi connectivity index (χ1n) is 13.8. The molecule has 4 aromatic rings. The van der Waals surface area contributed by atoms with Gasteiger partial charge in [-0.3, -0.25) is 4.79 Å². The second-order valence-corrected chi connectivity index (χ2v) is 10.4. The number of anilines is 1. The lowest BCUT2D eigenvalue weighted by atomic mass is 10.1. The Morgan fingerprint density at radius 1 is 0.900 bits per heavy atom. The zero-order valence-corrected chi connectivity index (χ0v) is 24.0. The van der Waals surface area contributed by atoms with Gasteiger partial charge in [0.1, 0.15) is 6.54 Å². The minimum Gasteiger partial charge on any atom is -0.385 e. The van der Waals surface area contributed by atoms with Crippen molar-refractivity contribution in [3.63, 3.8) is 0 Å². The highest BCUT2D eigenvalue weighted by molar-refractivity contribution is 5.93. The number of aryl methyl sites for hydroxylation is 3. The van der Waals surface area contributed by atoms with Crippen molar-refractivity contribution in [2.24, 2.45) is 0 Å². The fraction of sp³-hybridized carbons (Fsp3) is 0.333. The van der Waals surface area contributed by atoms with Gasteiger partial charge in [0, 0.05) is 56.1 Å². The van der Waals surface area contributed by atoms with Gasteiger partial charge in [-0.1, -0.05) is 65.7 Å². The Hall–Kier alpha value is -4.10. The second kappa shape index (κ2) is 13.8. The number of hydrogen-bond donors (Lipinski definition) is 2. The van der Waals surface area contributed by atoms with E-state index in [4.69, 9.17) is 4.74 Å². The fourth-order valence-electron chi connectivity index (χ4n) is 4.86. The lowest BCUT2D eigenvalue weighted by Gasteiger charge is -2.28. The molecule has 40 heavy (non-hydrogen) atoms. The van der Waals surface area contributed by atoms with E-state index in [9.17, 15) is 9.59 Å². The number of methoxy groups -OCH3 is 1. The number of nitrogens with one attached hydrogen (secondary N) is 2. The van der Waals surface area contributed by atoms with Gasteiger partial charge >= 0.3 is 6.03 Å². The topological polar surface area (TPSA) is 77.7 Å². The normalized spacial score (nSPS) is 11.0. The Bertz CT molecular complexity index is 1430. The molecule has 0 aliphatic rings. The van der Waals surface area contributed by atoms with Crippen LogP contribution in [0.25, 0.3) is 10.9 Å². The maximum Gasteiger partial charge on any atom is 0.322 e. The molecule has 0 atom stereocenters. The van der Waals surface area contributed by atoms with Crippen molar-refractivity contribution in [2.45, 2.75) is 40.2 Å². The summed E-state index contributed by atoms with van der Waals surface area (Å²) in [6.07, 6.45) is 3.37. The van der Waals surface area contributed by atoms with Crippen LogP contribution < -0.4 is 5.32 Å². The molecule has 0 bridgehead atoms. The quantitative estimate of drug-likeness (QED) is 0.209. The molecule has 3 amide bonds. The zero-order valence-electron chi connectivity index (χ0n) is 24.0. The summed E-state index contributed by atoms with van der Waals surface area (Å²) in [6.45, 7) is 7.97. The van der Waals surface area contributed by atoms with Gasteiger partial charge in [0.2, 0.25) is 5.91 Å². The van der Waals surface area contributed by atoms with E-state index in [0.29, 0.717) is 39.1 Å². The molecule has 1 aromatic heterocycles. The van der Waals surface area contributed by atoms with Gasteiger partial charge < -0.3 is 24.8 Å². The molecular formula is C33H40N4O3. The van der Waals surface area contributed by atoms with Crippen LogP contribution in [0.1, 0.15) is 34.2 Å². The maximum atomic E-state index is 13.8. The largest absolute Gasteiger partial charge is 0.385 e. The summed E-state index contributed by atoms with van der Waals surface area (Å²) in [5.74, 6) is -0.0892. The summed E-state index contributed by atoms with van der Waals surface area (Å²) in [7, 11) is 1.64. The van der Waals surface area contributed by atoms with Crippen LogP contribution >= 0.6 is 0 Å². The number of rotatable bonds is 12. The summed E-state index contributed by atoms with van der Waals surface area (Å²) in [4.78, 5) is 34.0. The monoisotopic (exact) mass is 540 g/mol. The summed E-state index contributed by atoms with van der Waals surface area (Å²) < 4.78 is 5.22. The van der Waals surface area contributed by atoms with E-state index in [-0.39, 0.29) is 18.5 Å². The number of ether oxygens (including phenoxy) is 1. The van der Waals surface area contributed by atoms with E-state index >= 15 is 0 Å². The molecular weight excluding hydrogens is 500 g/mol. The zero-order chi connectivity index (χ0) is 28.5. The fourth-order valence-corrected chi connectivity index (χ4v) is 4.86. The van der Waals surface area contributed by atoms with E-state index in [0.717, 1.165) is 27.9 Å². The first-order chi connectivity index (χ1) is 19.3. The molecule has 2 N–H and O–H groups in total. The maximum absolute atomic E-state index is 13.8. The first kappa shape index (κ1) is 28.9. The van der Waals surface area contributed by atoms with Crippen LogP contribution in [0, 0.1) is 20.8 Å². The Balaban J connectivity index is 1.52. The number of H-pyrrole nitrogens is 1. The summed E-state index contributed by atoms with van der Waals surface area (Å²) in [5, 5.41) is 4.18. The third-order valence-electron chi connectivity index (χ3n) is 7.19. The van der Waals surface area contributed by atoms with Crippen LogP contribution in [0.2, 0.25) is 0 Å². The van der Waals surface area contributed by atoms with Crippen molar-refractivity contribution < 1.29 is 14.3 Å². The molecule has 4 rings (SSSR count). The van der Waals surface area contributed by atoms with Crippen LogP contribution in [-0.2, 0) is 22.5 Å². The molecule has 3 aromatic carbocycles. The Morgan fingerprint density at radius 2 is 1.65 bits per heavy atom. The van der Waals surface area contributed by atoms with Crippen molar-refractivity contribution >= 4 is 28.5 Å². The van der Waals surface area contributed by atoms with E-state index in [1.807, 2.05) is 55.3 Å². The third kappa shape index (κ3) is 7.73. The highest BCUT2D eigenvalue weighted by Gasteiger charge is 2.22. The average Bonchev–Trinajstić information content (AvgIpc) is 3.36. The number of aromatic amines is 1. The predicted octanol–water partition coefficient (Wildman–Crippen LogP) is 6.24. The van der Waals surface area contributed by atoms with Gasteiger partial charge in [0.15, 0.2) is 0 Å². The van der Waals surface area contributed by atoms with Crippen LogP contribution in [0.3, 0.4) is 0 Å². The van der Waals surface area contributed by atoms with E-state index in [1.165, 1.54) is 16.5 Å². The predicted molar refractivity (Wildman–Crippen MR) is 162 cm³/mol. The molecule has 7 heteroatoms. The number of nitrogens with zero attached hydrogens (tertiary/aromatic N) is 2. The molecule has 1 heterocycles. The molecule has 0 aliphatic heterocycles. The second-order valence-electron chi connectivity index (χ2n) is 10.4. The number of carbonyl (C=O) groups is 2. The molecule has 210 valence electrons. The number of aromatic nitrogens is 1. The van der Waals surface area contributed by atoms with Crippen molar-refractivity contribution in [1.82, 2.24) is 14.8 Å². The van der Waals surface area contributed by atoms with Crippen molar-refractivity contribution in [2.75, 3.05) is 38.7 Å². The standard InChI is InChI=1S/C33H40N4O3/c1-24-10-13-27(14-11-24)22-36(18-16-28-21-34-31-9-6-5-8-29(28)31)32(38)23-37(17-7-19-40-4)33(39)35-30-15-12-25(2)20-26(30)3/h5-6,8-15,20-21,34H,7,16-19,22-23H2,1-4H3,(H,35,39). The minimum absolute atomic E-state index is 0.0137. The highest BCUT2D eigenvalue weighted by Crippen LogP contribution is 2.20. The van der Waals surface area contributed by atoms with Crippen LogP contribution in [0.4, 0.5) is 10.5 Å². The third-order valence-corrected chi connectivity index (χ3v) is 7.19. The first-order valence-corrected chi connectivity index (χ1v) is 13.8. The van der Waals surface area contributed by atoms with Gasteiger partial charge in [-0.15, -0.1) is 0 Å². The molecule has 0 radical (unpaired) electrons. The number of para-hydroxylation sites is 1. The molecule has 0 saturated carbocycles. The number of fused-ring (bicyclic) bond motifs is 1. The van der Waals surface area contributed by atoms with E-state index in [2.05, 4.69) is 53.6 Å². The van der Waals surface area contributed by atoms with Crippen molar-refractivity contribution in [3.05, 3.63) is 101 Å². The Morgan fingerprint density at radius 3 is 2.40 bits per heavy atom. The van der Waals surface area contributed by atoms with E-state index < -0.39 is 0 Å². The Kier molecular flexibility index (Phi) is 9.97. The van der Waals surface area contributed by atoms with Crippen LogP contribution in [-0.4, -0.2) is 60.1 Å². The summed E-state index contributed by atoms with van der Waals surface area (Å²) >= 11 is 0. The van der Waals surface area contributed by atoms with Crippen molar-refractivity contribution in [3.8, 4) is 0 Å². The van der Waals surface area contributed by atoms with E-state index in [1.54, 1.807) is 12.0 Å². The summed E-state index contributed by atoms with van der Waals surface area (Å²) in [6, 6.07) is 22.1. The van der Waals surface area contributed by atoms with Crippen LogP contribution in [0.15, 0.2) is 72.9 Å². The molecule has 0 unspecified atom stereocenters. The van der Waals surface area contributed by atoms with Gasteiger partial charge in [0.25, 0.3) is 0 Å². The Labute approximate surface area is 237 Å². The lowest BCUT2D eigenvalue weighted by molar-refractivity contribution is -0.132. The number of amides is 3. The highest BCUT2D eigenvalue weighted by atomic mass is 16.5. The minimum atomic E-state index is -0.289. The average molecular weight is 541 g/mol. The van der Waals surface area contributed by atoms with Gasteiger partial charge in [-0.25, -0.2) is 4.79 Å². The van der Waals surface area contributed by atoms with Gasteiger partial charge in [0.05, 0.1) is 0 Å². The molecule has 0 saturated heterocycles. The smallest absolute Gasteiger partial charge is 0.322 e. The molecule has 0 spiro atoms. The SMILES string of the molecule is COCCCN(CC(=O)N(CCc1c[nH]c2ccccc12)Cc1ccc(C)cc1)C(=O)Nc1ccc(C)cc1C. The number of hydrogen-bond acceptors (Lipinski definition) is 3. The molecule has 7 nitrogen and oxygen atoms in total. The summed E-state index contributed by atoms with van der Waals surface area (Å²) in [5.41, 5.74) is 7.34. The lowest BCUT2D eigenvalue weighted by Crippen LogP contribution is -2.45. The molecule has 0 fully saturated rings. The van der Waals surface area contributed by atoms with Crippen LogP contribution in [0.5, 0.6) is 0 Å². The molecule has 0 aliphatic carbocycles. The number of benzene rings is 3. The van der Waals surface area contributed by atoms with Gasteiger partial charge in [-0.2, -0.15) is 0 Å². The number of carbonyl (C=O) groups excluding carboxylic acids is 2. The number of urea groups is 1. The van der Waals surface area contributed by atoms with Gasteiger partial charge in [-0.05, 0) is 62.4 Å².